The molecular weight excluding hydrogens is 260 g/mol. The van der Waals surface area contributed by atoms with Crippen LogP contribution in [0.25, 0.3) is 0 Å². The number of aliphatic hydroxyl groups is 2. The molecule has 0 heterocycles. The van der Waals surface area contributed by atoms with E-state index in [0.717, 1.165) is 11.1 Å². The van der Waals surface area contributed by atoms with Crippen molar-refractivity contribution in [2.75, 3.05) is 0 Å². The van der Waals surface area contributed by atoms with E-state index < -0.39 is 11.7 Å². The number of rotatable bonds is 5. The van der Waals surface area contributed by atoms with Crippen molar-refractivity contribution in [3.63, 3.8) is 0 Å². The lowest BCUT2D eigenvalue weighted by Gasteiger charge is -2.40. The second-order valence-electron chi connectivity index (χ2n) is 5.99. The summed E-state index contributed by atoms with van der Waals surface area (Å²) in [5.41, 5.74) is 0.610. The fraction of sp³-hybridized carbons (Fsp3) is 0.368. The molecule has 2 aromatic rings. The van der Waals surface area contributed by atoms with Crippen molar-refractivity contribution in [1.29, 1.82) is 0 Å². The Morgan fingerprint density at radius 2 is 1.29 bits per heavy atom. The molecule has 0 spiro atoms. The molecule has 21 heavy (non-hydrogen) atoms. The minimum absolute atomic E-state index is 0.00624. The van der Waals surface area contributed by atoms with E-state index in [-0.39, 0.29) is 11.8 Å². The molecule has 0 bridgehead atoms. The highest BCUT2D eigenvalue weighted by Gasteiger charge is 2.42. The minimum atomic E-state index is -1.07. The smallest absolute Gasteiger partial charge is 0.0972 e. The number of hydrogen-bond donors (Lipinski definition) is 2. The molecule has 3 atom stereocenters. The summed E-state index contributed by atoms with van der Waals surface area (Å²) in [4.78, 5) is 0. The van der Waals surface area contributed by atoms with Gasteiger partial charge in [0.25, 0.3) is 0 Å². The van der Waals surface area contributed by atoms with E-state index in [1.807, 2.05) is 81.4 Å². The van der Waals surface area contributed by atoms with E-state index in [0.29, 0.717) is 0 Å². The van der Waals surface area contributed by atoms with E-state index >= 15 is 0 Å². The number of benzene rings is 2. The molecule has 0 aliphatic carbocycles. The van der Waals surface area contributed by atoms with Crippen molar-refractivity contribution < 1.29 is 10.2 Å². The third-order valence-corrected chi connectivity index (χ3v) is 4.43. The Hall–Kier alpha value is -1.64. The molecule has 2 rings (SSSR count). The van der Waals surface area contributed by atoms with E-state index in [4.69, 9.17) is 0 Å². The Morgan fingerprint density at radius 1 is 0.810 bits per heavy atom. The largest absolute Gasteiger partial charge is 0.388 e. The van der Waals surface area contributed by atoms with Gasteiger partial charge in [-0.25, -0.2) is 0 Å². The van der Waals surface area contributed by atoms with Crippen molar-refractivity contribution in [2.24, 2.45) is 11.8 Å². The van der Waals surface area contributed by atoms with Crippen LogP contribution in [0, 0.1) is 11.8 Å². The van der Waals surface area contributed by atoms with Crippen LogP contribution in [0.5, 0.6) is 0 Å². The van der Waals surface area contributed by atoms with E-state index in [9.17, 15) is 10.2 Å². The number of aliphatic hydroxyl groups excluding tert-OH is 1. The van der Waals surface area contributed by atoms with Crippen LogP contribution in [0.1, 0.15) is 38.0 Å². The summed E-state index contributed by atoms with van der Waals surface area (Å²) >= 11 is 0. The predicted octanol–water partition coefficient (Wildman–Crippen LogP) is 3.90. The van der Waals surface area contributed by atoms with Gasteiger partial charge in [0.15, 0.2) is 0 Å². The Bertz CT molecular complexity index is 550. The van der Waals surface area contributed by atoms with Crippen LogP contribution >= 0.6 is 0 Å². The van der Waals surface area contributed by atoms with Gasteiger partial charge in [0.05, 0.1) is 11.7 Å². The average molecular weight is 284 g/mol. The van der Waals surface area contributed by atoms with E-state index in [1.165, 1.54) is 0 Å². The molecule has 2 heteroatoms. The zero-order valence-corrected chi connectivity index (χ0v) is 12.9. The maximum atomic E-state index is 11.3. The van der Waals surface area contributed by atoms with E-state index in [2.05, 4.69) is 0 Å². The molecule has 0 aliphatic heterocycles. The predicted molar refractivity (Wildman–Crippen MR) is 85.7 cm³/mol. The summed E-state index contributed by atoms with van der Waals surface area (Å²) in [7, 11) is 0. The summed E-state index contributed by atoms with van der Waals surface area (Å²) < 4.78 is 0. The Kier molecular flexibility index (Phi) is 4.81. The molecule has 0 unspecified atom stereocenters. The van der Waals surface area contributed by atoms with Gasteiger partial charge >= 0.3 is 0 Å². The molecule has 0 fully saturated rings. The maximum absolute atomic E-state index is 11.3. The van der Waals surface area contributed by atoms with Gasteiger partial charge in [-0.1, -0.05) is 81.4 Å². The molecule has 0 saturated heterocycles. The van der Waals surface area contributed by atoms with Gasteiger partial charge in [0, 0.05) is 5.92 Å². The second kappa shape index (κ2) is 6.42. The molecule has 2 aromatic carbocycles. The van der Waals surface area contributed by atoms with Crippen LogP contribution in [-0.2, 0) is 5.60 Å². The highest BCUT2D eigenvalue weighted by atomic mass is 16.3. The average Bonchev–Trinajstić information content (AvgIpc) is 2.54. The maximum Gasteiger partial charge on any atom is 0.0972 e. The summed E-state index contributed by atoms with van der Waals surface area (Å²) in [6, 6.07) is 19.1. The monoisotopic (exact) mass is 284 g/mol. The van der Waals surface area contributed by atoms with Crippen LogP contribution in [0.4, 0.5) is 0 Å². The first-order valence-corrected chi connectivity index (χ1v) is 7.48. The van der Waals surface area contributed by atoms with Gasteiger partial charge in [-0.2, -0.15) is 0 Å². The topological polar surface area (TPSA) is 40.5 Å². The third kappa shape index (κ3) is 3.02. The molecule has 2 nitrogen and oxygen atoms in total. The zero-order chi connectivity index (χ0) is 15.5. The Labute approximate surface area is 127 Å². The molecule has 0 saturated carbocycles. The lowest BCUT2D eigenvalue weighted by Crippen LogP contribution is -2.41. The lowest BCUT2D eigenvalue weighted by atomic mass is 9.71. The minimum Gasteiger partial charge on any atom is -0.388 e. The third-order valence-electron chi connectivity index (χ3n) is 4.43. The standard InChI is InChI=1S/C19H24O2/c1-14(2)19(21,17-12-8-5-9-13-17)15(3)18(20)16-10-6-4-7-11-16/h4-15,18,20-21H,1-3H3/t15-,18-,19+/m1/s1. The molecule has 0 amide bonds. The summed E-state index contributed by atoms with van der Waals surface area (Å²) in [5, 5.41) is 22.0. The quantitative estimate of drug-likeness (QED) is 0.874. The van der Waals surface area contributed by atoms with Crippen molar-refractivity contribution in [3.8, 4) is 0 Å². The normalized spacial score (nSPS) is 17.2. The fourth-order valence-corrected chi connectivity index (χ4v) is 3.01. The second-order valence-corrected chi connectivity index (χ2v) is 5.99. The van der Waals surface area contributed by atoms with Crippen molar-refractivity contribution in [3.05, 3.63) is 71.8 Å². The summed E-state index contributed by atoms with van der Waals surface area (Å²) in [5.74, 6) is -0.324. The highest BCUT2D eigenvalue weighted by Crippen LogP contribution is 2.42. The lowest BCUT2D eigenvalue weighted by molar-refractivity contribution is -0.102. The van der Waals surface area contributed by atoms with Gasteiger partial charge in [0.2, 0.25) is 0 Å². The van der Waals surface area contributed by atoms with Gasteiger partial charge < -0.3 is 10.2 Å². The van der Waals surface area contributed by atoms with Crippen molar-refractivity contribution in [1.82, 2.24) is 0 Å². The molecular formula is C19H24O2. The SMILES string of the molecule is CC(C)[C@@](O)(c1ccccc1)[C@H](C)[C@@H](O)c1ccccc1. The van der Waals surface area contributed by atoms with Gasteiger partial charge in [-0.3, -0.25) is 0 Å². The van der Waals surface area contributed by atoms with Gasteiger partial charge in [-0.05, 0) is 17.0 Å². The summed E-state index contributed by atoms with van der Waals surface area (Å²) in [6.45, 7) is 5.88. The van der Waals surface area contributed by atoms with Crippen LogP contribution in [-0.4, -0.2) is 10.2 Å². The first-order chi connectivity index (χ1) is 9.98. The van der Waals surface area contributed by atoms with Crippen LogP contribution < -0.4 is 0 Å². The molecule has 0 aromatic heterocycles. The Balaban J connectivity index is 2.39. The zero-order valence-electron chi connectivity index (χ0n) is 12.9. The molecule has 0 radical (unpaired) electrons. The first-order valence-electron chi connectivity index (χ1n) is 7.48. The van der Waals surface area contributed by atoms with Crippen LogP contribution in [0.3, 0.4) is 0 Å². The van der Waals surface area contributed by atoms with E-state index in [1.54, 1.807) is 0 Å². The Morgan fingerprint density at radius 3 is 1.76 bits per heavy atom. The highest BCUT2D eigenvalue weighted by molar-refractivity contribution is 5.26. The summed E-state index contributed by atoms with van der Waals surface area (Å²) in [6.07, 6.45) is -0.709. The van der Waals surface area contributed by atoms with Gasteiger partial charge in [-0.15, -0.1) is 0 Å². The van der Waals surface area contributed by atoms with Crippen LogP contribution in [0.15, 0.2) is 60.7 Å². The van der Waals surface area contributed by atoms with Crippen molar-refractivity contribution in [2.45, 2.75) is 32.5 Å². The first kappa shape index (κ1) is 15.7. The number of hydrogen-bond acceptors (Lipinski definition) is 2. The van der Waals surface area contributed by atoms with Gasteiger partial charge in [0.1, 0.15) is 0 Å². The van der Waals surface area contributed by atoms with Crippen LogP contribution in [0.2, 0.25) is 0 Å². The molecule has 2 N–H and O–H groups in total. The fourth-order valence-electron chi connectivity index (χ4n) is 3.01. The molecule has 0 aliphatic rings. The van der Waals surface area contributed by atoms with Crippen molar-refractivity contribution >= 4 is 0 Å². The molecule has 112 valence electrons.